The normalized spacial score (nSPS) is 11.9. The van der Waals surface area contributed by atoms with E-state index in [1.807, 2.05) is 6.92 Å². The number of nitrogens with zero attached hydrogens (tertiary/aromatic N) is 4. The molecule has 2 N–H and O–H groups in total. The standard InChI is InChI=1S/C21H17F4N5/c1-3-14-16-18(26)27-19(28-20(16)30(2)29-14)12-9-10-13(22)15(17(12)21(23,24)25)11-7-5-4-6-8-11/h4-10H,3H2,1-2H3,(H2,26,27,28). The third kappa shape index (κ3) is 3.16. The molecule has 0 radical (unpaired) electrons. The fourth-order valence-electron chi connectivity index (χ4n) is 3.57. The average molecular weight is 415 g/mol. The van der Waals surface area contributed by atoms with E-state index in [4.69, 9.17) is 5.73 Å². The molecule has 2 heterocycles. The first-order chi connectivity index (χ1) is 14.2. The third-order valence-corrected chi connectivity index (χ3v) is 4.86. The molecule has 0 saturated heterocycles. The maximum Gasteiger partial charge on any atom is 0.417 e. The molecule has 0 aliphatic heterocycles. The van der Waals surface area contributed by atoms with E-state index in [2.05, 4.69) is 15.1 Å². The molecule has 0 atom stereocenters. The van der Waals surface area contributed by atoms with Gasteiger partial charge in [-0.3, -0.25) is 0 Å². The predicted molar refractivity (Wildman–Crippen MR) is 106 cm³/mol. The molecule has 5 nitrogen and oxygen atoms in total. The Morgan fingerprint density at radius 2 is 1.73 bits per heavy atom. The Hall–Kier alpha value is -3.49. The second-order valence-electron chi connectivity index (χ2n) is 6.76. The van der Waals surface area contributed by atoms with Gasteiger partial charge < -0.3 is 5.73 Å². The predicted octanol–water partition coefficient (Wildman–Crippen LogP) is 5.00. The average Bonchev–Trinajstić information content (AvgIpc) is 3.04. The zero-order valence-electron chi connectivity index (χ0n) is 16.1. The van der Waals surface area contributed by atoms with Crippen molar-refractivity contribution in [1.82, 2.24) is 19.7 Å². The number of fused-ring (bicyclic) bond motifs is 1. The molecule has 0 fully saturated rings. The van der Waals surface area contributed by atoms with Gasteiger partial charge in [0.05, 0.1) is 16.6 Å². The van der Waals surface area contributed by atoms with Crippen LogP contribution in [0.15, 0.2) is 42.5 Å². The Morgan fingerprint density at radius 1 is 1.03 bits per heavy atom. The van der Waals surface area contributed by atoms with Crippen LogP contribution in [0.2, 0.25) is 0 Å². The van der Waals surface area contributed by atoms with E-state index < -0.39 is 23.1 Å². The summed E-state index contributed by atoms with van der Waals surface area (Å²) in [6, 6.07) is 9.59. The molecule has 0 bridgehead atoms. The minimum atomic E-state index is -4.85. The van der Waals surface area contributed by atoms with Gasteiger partial charge in [-0.2, -0.15) is 18.3 Å². The van der Waals surface area contributed by atoms with E-state index >= 15 is 0 Å². The second kappa shape index (κ2) is 7.08. The fraction of sp³-hybridized carbons (Fsp3) is 0.190. The molecule has 9 heteroatoms. The lowest BCUT2D eigenvalue weighted by Crippen LogP contribution is -2.12. The van der Waals surface area contributed by atoms with Crippen LogP contribution >= 0.6 is 0 Å². The van der Waals surface area contributed by atoms with Crippen LogP contribution in [0.4, 0.5) is 23.4 Å². The van der Waals surface area contributed by atoms with Crippen molar-refractivity contribution in [3.8, 4) is 22.5 Å². The van der Waals surface area contributed by atoms with E-state index in [0.29, 0.717) is 23.1 Å². The Bertz CT molecular complexity index is 1250. The summed E-state index contributed by atoms with van der Waals surface area (Å²) in [5, 5.41) is 4.81. The van der Waals surface area contributed by atoms with Crippen LogP contribution in [0.25, 0.3) is 33.5 Å². The Balaban J connectivity index is 2.06. The van der Waals surface area contributed by atoms with Crippen molar-refractivity contribution < 1.29 is 17.6 Å². The lowest BCUT2D eigenvalue weighted by Gasteiger charge is -2.18. The number of alkyl halides is 3. The van der Waals surface area contributed by atoms with Crippen molar-refractivity contribution in [2.45, 2.75) is 19.5 Å². The topological polar surface area (TPSA) is 69.6 Å². The van der Waals surface area contributed by atoms with Crippen LogP contribution in [0.1, 0.15) is 18.2 Å². The zero-order chi connectivity index (χ0) is 21.6. The van der Waals surface area contributed by atoms with E-state index in [0.717, 1.165) is 12.1 Å². The van der Waals surface area contributed by atoms with Crippen molar-refractivity contribution in [2.75, 3.05) is 5.73 Å². The molecule has 154 valence electrons. The highest BCUT2D eigenvalue weighted by Gasteiger charge is 2.39. The first-order valence-corrected chi connectivity index (χ1v) is 9.17. The number of aryl methyl sites for hydroxylation is 2. The molecule has 0 saturated carbocycles. The molecule has 0 spiro atoms. The van der Waals surface area contributed by atoms with E-state index in [1.165, 1.54) is 16.8 Å². The summed E-state index contributed by atoms with van der Waals surface area (Å²) in [4.78, 5) is 8.42. The van der Waals surface area contributed by atoms with Gasteiger partial charge in [-0.15, -0.1) is 0 Å². The molecule has 0 aliphatic rings. The molecule has 4 aromatic rings. The van der Waals surface area contributed by atoms with Crippen molar-refractivity contribution in [2.24, 2.45) is 7.05 Å². The monoisotopic (exact) mass is 415 g/mol. The van der Waals surface area contributed by atoms with Gasteiger partial charge >= 0.3 is 6.18 Å². The SMILES string of the molecule is CCc1nn(C)c2nc(-c3ccc(F)c(-c4ccccc4)c3C(F)(F)F)nc(N)c12. The maximum atomic E-state index is 14.6. The second-order valence-corrected chi connectivity index (χ2v) is 6.76. The summed E-state index contributed by atoms with van der Waals surface area (Å²) in [6.07, 6.45) is -4.29. The summed E-state index contributed by atoms with van der Waals surface area (Å²) in [5.41, 5.74) is 5.08. The Labute approximate surface area is 169 Å². The number of aromatic nitrogens is 4. The van der Waals surface area contributed by atoms with Crippen LogP contribution in [0.3, 0.4) is 0 Å². The maximum absolute atomic E-state index is 14.6. The molecule has 0 aliphatic carbocycles. The van der Waals surface area contributed by atoms with Crippen molar-refractivity contribution in [1.29, 1.82) is 0 Å². The van der Waals surface area contributed by atoms with Crippen LogP contribution in [0, 0.1) is 5.82 Å². The Kier molecular flexibility index (Phi) is 4.68. The van der Waals surface area contributed by atoms with Crippen molar-refractivity contribution in [3.05, 3.63) is 59.5 Å². The first-order valence-electron chi connectivity index (χ1n) is 9.17. The summed E-state index contributed by atoms with van der Waals surface area (Å²) in [7, 11) is 1.63. The summed E-state index contributed by atoms with van der Waals surface area (Å²) < 4.78 is 58.5. The number of hydrogen-bond donors (Lipinski definition) is 1. The number of hydrogen-bond acceptors (Lipinski definition) is 4. The minimum absolute atomic E-state index is 0.0265. The lowest BCUT2D eigenvalue weighted by molar-refractivity contribution is -0.136. The molecule has 30 heavy (non-hydrogen) atoms. The summed E-state index contributed by atoms with van der Waals surface area (Å²) in [6.45, 7) is 1.88. The third-order valence-electron chi connectivity index (χ3n) is 4.86. The summed E-state index contributed by atoms with van der Waals surface area (Å²) in [5.74, 6) is -1.20. The van der Waals surface area contributed by atoms with E-state index in [1.54, 1.807) is 25.2 Å². The fourth-order valence-corrected chi connectivity index (χ4v) is 3.57. The van der Waals surface area contributed by atoms with Gasteiger partial charge in [-0.05, 0) is 24.1 Å². The van der Waals surface area contributed by atoms with Crippen LogP contribution < -0.4 is 5.73 Å². The van der Waals surface area contributed by atoms with Crippen LogP contribution in [-0.2, 0) is 19.6 Å². The smallest absolute Gasteiger partial charge is 0.383 e. The van der Waals surface area contributed by atoms with E-state index in [-0.39, 0.29) is 22.8 Å². The van der Waals surface area contributed by atoms with Crippen molar-refractivity contribution >= 4 is 16.9 Å². The van der Waals surface area contributed by atoms with Gasteiger partial charge in [0, 0.05) is 18.2 Å². The molecule has 4 rings (SSSR count). The molecule has 0 unspecified atom stereocenters. The highest BCUT2D eigenvalue weighted by molar-refractivity contribution is 5.90. The lowest BCUT2D eigenvalue weighted by atomic mass is 9.93. The molecular formula is C21H17F4N5. The molecule has 0 amide bonds. The Morgan fingerprint density at radius 3 is 2.37 bits per heavy atom. The minimum Gasteiger partial charge on any atom is -0.383 e. The van der Waals surface area contributed by atoms with Gasteiger partial charge in [0.2, 0.25) is 0 Å². The highest BCUT2D eigenvalue weighted by atomic mass is 19.4. The highest BCUT2D eigenvalue weighted by Crippen LogP contribution is 2.44. The largest absolute Gasteiger partial charge is 0.417 e. The van der Waals surface area contributed by atoms with E-state index in [9.17, 15) is 17.6 Å². The molecule has 2 aromatic carbocycles. The van der Waals surface area contributed by atoms with Crippen LogP contribution in [-0.4, -0.2) is 19.7 Å². The number of halogens is 4. The van der Waals surface area contributed by atoms with Crippen molar-refractivity contribution in [3.63, 3.8) is 0 Å². The van der Waals surface area contributed by atoms with Gasteiger partial charge in [0.15, 0.2) is 11.5 Å². The van der Waals surface area contributed by atoms with Crippen LogP contribution in [0.5, 0.6) is 0 Å². The quantitative estimate of drug-likeness (QED) is 0.478. The number of nitrogen functional groups attached to an aromatic ring is 1. The summed E-state index contributed by atoms with van der Waals surface area (Å²) >= 11 is 0. The zero-order valence-corrected chi connectivity index (χ0v) is 16.1. The first kappa shape index (κ1) is 19.8. The molecule has 2 aromatic heterocycles. The molecular weight excluding hydrogens is 398 g/mol. The van der Waals surface area contributed by atoms with Gasteiger partial charge in [-0.25, -0.2) is 19.0 Å². The number of benzene rings is 2. The van der Waals surface area contributed by atoms with Gasteiger partial charge in [0.1, 0.15) is 11.6 Å². The number of nitrogens with two attached hydrogens (primary N) is 1. The number of rotatable bonds is 3. The number of anilines is 1. The van der Waals surface area contributed by atoms with Gasteiger partial charge in [-0.1, -0.05) is 37.3 Å². The van der Waals surface area contributed by atoms with Gasteiger partial charge in [0.25, 0.3) is 0 Å².